The van der Waals surface area contributed by atoms with Crippen LogP contribution in [-0.2, 0) is 19.1 Å². The van der Waals surface area contributed by atoms with E-state index in [2.05, 4.69) is 10.5 Å². The first kappa shape index (κ1) is 17.1. The molecule has 0 radical (unpaired) electrons. The molecule has 2 amide bonds. The summed E-state index contributed by atoms with van der Waals surface area (Å²) in [6, 6.07) is 8.99. The van der Waals surface area contributed by atoms with Crippen molar-refractivity contribution in [3.05, 3.63) is 35.9 Å². The summed E-state index contributed by atoms with van der Waals surface area (Å²) in [6.07, 6.45) is 2.43. The molecule has 1 N–H and O–H groups in total. The molecule has 0 bridgehead atoms. The number of carbonyl (C=O) groups excluding carboxylic acids is 3. The van der Waals surface area contributed by atoms with Crippen molar-refractivity contribution in [1.82, 2.24) is 10.3 Å². The maximum Gasteiger partial charge on any atom is 0.355 e. The van der Waals surface area contributed by atoms with Crippen LogP contribution in [-0.4, -0.2) is 41.5 Å². The van der Waals surface area contributed by atoms with Gasteiger partial charge in [0, 0.05) is 31.5 Å². The minimum Gasteiger partial charge on any atom is -0.443 e. The molecule has 1 atom stereocenters. The van der Waals surface area contributed by atoms with Crippen LogP contribution in [0.25, 0.3) is 0 Å². The van der Waals surface area contributed by atoms with Crippen LogP contribution in [0.1, 0.15) is 43.8 Å². The standard InChI is InChI=1S/C18H21N3O4/c22-15-10-9-14(19-20-15)18(24)25-16(13-7-3-1-4-8-13)17(23)21-11-5-2-6-12-21/h1,3-4,7-8,16H,2,5-6,9-12H2,(H,20,22)/t16-/m0/s1. The molecular weight excluding hydrogens is 322 g/mol. The summed E-state index contributed by atoms with van der Waals surface area (Å²) in [5.74, 6) is -1.11. The summed E-state index contributed by atoms with van der Waals surface area (Å²) in [5.41, 5.74) is 3.03. The van der Waals surface area contributed by atoms with E-state index in [9.17, 15) is 14.4 Å². The average Bonchev–Trinajstić information content (AvgIpc) is 2.67. The molecule has 2 aliphatic rings. The van der Waals surface area contributed by atoms with Crippen molar-refractivity contribution in [3.8, 4) is 0 Å². The van der Waals surface area contributed by atoms with E-state index in [1.807, 2.05) is 6.07 Å². The number of amides is 2. The number of ether oxygens (including phenoxy) is 1. The van der Waals surface area contributed by atoms with Gasteiger partial charge in [-0.15, -0.1) is 0 Å². The molecule has 1 aromatic carbocycles. The Balaban J connectivity index is 1.78. The second kappa shape index (κ2) is 7.92. The predicted octanol–water partition coefficient (Wildman–Crippen LogP) is 1.55. The Morgan fingerprint density at radius 2 is 1.80 bits per heavy atom. The van der Waals surface area contributed by atoms with Crippen molar-refractivity contribution in [1.29, 1.82) is 0 Å². The fourth-order valence-corrected chi connectivity index (χ4v) is 2.97. The Bertz CT molecular complexity index is 681. The lowest BCUT2D eigenvalue weighted by atomic mass is 10.1. The smallest absolute Gasteiger partial charge is 0.355 e. The van der Waals surface area contributed by atoms with Crippen LogP contribution in [0.15, 0.2) is 35.4 Å². The fourth-order valence-electron chi connectivity index (χ4n) is 2.97. The summed E-state index contributed by atoms with van der Waals surface area (Å²) in [6.45, 7) is 1.35. The van der Waals surface area contributed by atoms with Crippen LogP contribution in [0.3, 0.4) is 0 Å². The van der Waals surface area contributed by atoms with Gasteiger partial charge in [-0.2, -0.15) is 5.10 Å². The molecule has 2 aliphatic heterocycles. The van der Waals surface area contributed by atoms with Crippen molar-refractivity contribution < 1.29 is 19.1 Å². The first-order valence-corrected chi connectivity index (χ1v) is 8.55. The molecule has 1 saturated heterocycles. The molecule has 0 saturated carbocycles. The van der Waals surface area contributed by atoms with Crippen LogP contribution in [0.2, 0.25) is 0 Å². The number of hydrazone groups is 1. The molecule has 7 nitrogen and oxygen atoms in total. The maximum atomic E-state index is 12.9. The summed E-state index contributed by atoms with van der Waals surface area (Å²) in [4.78, 5) is 38.2. The molecule has 132 valence electrons. The second-order valence-corrected chi connectivity index (χ2v) is 6.18. The van der Waals surface area contributed by atoms with E-state index < -0.39 is 12.1 Å². The zero-order valence-corrected chi connectivity index (χ0v) is 13.9. The van der Waals surface area contributed by atoms with E-state index in [4.69, 9.17) is 4.74 Å². The molecule has 0 aromatic heterocycles. The Labute approximate surface area is 146 Å². The summed E-state index contributed by atoms with van der Waals surface area (Å²) >= 11 is 0. The lowest BCUT2D eigenvalue weighted by molar-refractivity contribution is -0.156. The van der Waals surface area contributed by atoms with Crippen molar-refractivity contribution in [3.63, 3.8) is 0 Å². The third-order valence-corrected chi connectivity index (χ3v) is 4.36. The zero-order chi connectivity index (χ0) is 17.6. The van der Waals surface area contributed by atoms with Gasteiger partial charge in [-0.1, -0.05) is 30.3 Å². The third-order valence-electron chi connectivity index (χ3n) is 4.36. The highest BCUT2D eigenvalue weighted by atomic mass is 16.5. The van der Waals surface area contributed by atoms with Gasteiger partial charge in [0.1, 0.15) is 5.71 Å². The summed E-state index contributed by atoms with van der Waals surface area (Å²) in [7, 11) is 0. The third kappa shape index (κ3) is 4.23. The molecule has 1 fully saturated rings. The Kier molecular flexibility index (Phi) is 5.42. The van der Waals surface area contributed by atoms with Gasteiger partial charge in [0.2, 0.25) is 12.0 Å². The predicted molar refractivity (Wildman–Crippen MR) is 90.5 cm³/mol. The van der Waals surface area contributed by atoms with Crippen molar-refractivity contribution in [2.45, 2.75) is 38.2 Å². The quantitative estimate of drug-likeness (QED) is 0.840. The zero-order valence-electron chi connectivity index (χ0n) is 13.9. The van der Waals surface area contributed by atoms with Crippen molar-refractivity contribution >= 4 is 23.5 Å². The number of hydrogen-bond donors (Lipinski definition) is 1. The topological polar surface area (TPSA) is 88.1 Å². The van der Waals surface area contributed by atoms with Crippen LogP contribution >= 0.6 is 0 Å². The van der Waals surface area contributed by atoms with E-state index in [1.54, 1.807) is 29.2 Å². The van der Waals surface area contributed by atoms with Crippen LogP contribution in [0.4, 0.5) is 0 Å². The number of benzene rings is 1. The largest absolute Gasteiger partial charge is 0.443 e. The number of esters is 1. The normalized spacial score (nSPS) is 18.8. The monoisotopic (exact) mass is 343 g/mol. The van der Waals surface area contributed by atoms with Gasteiger partial charge in [-0.25, -0.2) is 10.2 Å². The molecule has 1 aromatic rings. The van der Waals surface area contributed by atoms with Gasteiger partial charge in [0.25, 0.3) is 5.91 Å². The molecule has 3 rings (SSSR count). The molecule has 7 heteroatoms. The maximum absolute atomic E-state index is 12.9. The summed E-state index contributed by atoms with van der Waals surface area (Å²) < 4.78 is 5.51. The van der Waals surface area contributed by atoms with Crippen LogP contribution < -0.4 is 5.43 Å². The van der Waals surface area contributed by atoms with Gasteiger partial charge >= 0.3 is 5.97 Å². The SMILES string of the molecule is O=C1CCC(C(=O)O[C@H](C(=O)N2CCCCC2)c2ccccc2)=NN1. The number of likely N-dealkylation sites (tertiary alicyclic amines) is 1. The van der Waals surface area contributed by atoms with Gasteiger partial charge in [0.15, 0.2) is 0 Å². The number of rotatable bonds is 4. The minimum atomic E-state index is -0.993. The number of nitrogens with one attached hydrogen (secondary N) is 1. The lowest BCUT2D eigenvalue weighted by Crippen LogP contribution is -2.41. The Hall–Kier alpha value is -2.70. The Morgan fingerprint density at radius 3 is 2.44 bits per heavy atom. The van der Waals surface area contributed by atoms with Gasteiger partial charge in [-0.05, 0) is 19.3 Å². The van der Waals surface area contributed by atoms with Crippen molar-refractivity contribution in [2.75, 3.05) is 13.1 Å². The highest BCUT2D eigenvalue weighted by Gasteiger charge is 2.32. The molecule has 0 unspecified atom stereocenters. The van der Waals surface area contributed by atoms with Gasteiger partial charge in [0.05, 0.1) is 0 Å². The average molecular weight is 343 g/mol. The van der Waals surface area contributed by atoms with Crippen molar-refractivity contribution in [2.24, 2.45) is 5.10 Å². The number of piperidine rings is 1. The lowest BCUT2D eigenvalue weighted by Gasteiger charge is -2.30. The van der Waals surface area contributed by atoms with E-state index in [0.717, 1.165) is 19.3 Å². The molecular formula is C18H21N3O4. The first-order chi connectivity index (χ1) is 12.1. The molecule has 0 spiro atoms. The molecule has 0 aliphatic carbocycles. The van der Waals surface area contributed by atoms with E-state index >= 15 is 0 Å². The minimum absolute atomic E-state index is 0.131. The van der Waals surface area contributed by atoms with Gasteiger partial charge < -0.3 is 9.64 Å². The number of nitrogens with zero attached hydrogens (tertiary/aromatic N) is 2. The highest BCUT2D eigenvalue weighted by molar-refractivity contribution is 6.37. The Morgan fingerprint density at radius 1 is 1.08 bits per heavy atom. The highest BCUT2D eigenvalue weighted by Crippen LogP contribution is 2.23. The summed E-state index contributed by atoms with van der Waals surface area (Å²) in [5, 5.41) is 3.75. The van der Waals surface area contributed by atoms with Crippen LogP contribution in [0.5, 0.6) is 0 Å². The molecule has 25 heavy (non-hydrogen) atoms. The first-order valence-electron chi connectivity index (χ1n) is 8.55. The molecule has 2 heterocycles. The van der Waals surface area contributed by atoms with E-state index in [-0.39, 0.29) is 30.4 Å². The van der Waals surface area contributed by atoms with E-state index in [0.29, 0.717) is 18.7 Å². The fraction of sp³-hybridized carbons (Fsp3) is 0.444. The van der Waals surface area contributed by atoms with Crippen LogP contribution in [0, 0.1) is 0 Å². The second-order valence-electron chi connectivity index (χ2n) is 6.18. The van der Waals surface area contributed by atoms with E-state index in [1.165, 1.54) is 0 Å². The number of carbonyl (C=O) groups is 3. The van der Waals surface area contributed by atoms with Gasteiger partial charge in [-0.3, -0.25) is 9.59 Å². The number of hydrogen-bond acceptors (Lipinski definition) is 5.